The third kappa shape index (κ3) is 4.53. The Morgan fingerprint density at radius 1 is 1.16 bits per heavy atom. The van der Waals surface area contributed by atoms with Crippen LogP contribution in [0.5, 0.6) is 0 Å². The number of anilines is 1. The largest absolute Gasteiger partial charge is 0.464 e. The number of esters is 1. The number of ether oxygens (including phenoxy) is 2. The molecule has 9 heteroatoms. The van der Waals surface area contributed by atoms with Crippen LogP contribution >= 0.6 is 0 Å². The quantitative estimate of drug-likeness (QED) is 0.656. The van der Waals surface area contributed by atoms with Crippen molar-refractivity contribution in [2.75, 3.05) is 38.2 Å². The number of methoxy groups -OCH3 is 1. The number of nitrogens with zero attached hydrogens (tertiary/aromatic N) is 5. The fourth-order valence-corrected chi connectivity index (χ4v) is 5.15. The van der Waals surface area contributed by atoms with Gasteiger partial charge in [-0.05, 0) is 40.0 Å². The third-order valence-corrected chi connectivity index (χ3v) is 6.71. The molecule has 0 spiro atoms. The SMILES string of the molecule is CC[C@H]1CN2c3ncc(C(=O)OC)nc3C[C@@H]2CN1C1CCN(C(=O)OC(C)(C)C)CC1. The number of hydrogen-bond acceptors (Lipinski definition) is 8. The summed E-state index contributed by atoms with van der Waals surface area (Å²) in [6, 6.07) is 1.19. The van der Waals surface area contributed by atoms with Crippen LogP contribution in [0.1, 0.15) is 63.1 Å². The van der Waals surface area contributed by atoms with Crippen LogP contribution in [0.4, 0.5) is 10.6 Å². The van der Waals surface area contributed by atoms with Gasteiger partial charge in [0.15, 0.2) is 11.5 Å². The molecule has 0 N–H and O–H groups in total. The van der Waals surface area contributed by atoms with Gasteiger partial charge in [-0.3, -0.25) is 4.90 Å². The molecule has 3 aliphatic rings. The van der Waals surface area contributed by atoms with E-state index in [9.17, 15) is 9.59 Å². The van der Waals surface area contributed by atoms with Crippen molar-refractivity contribution >= 4 is 17.9 Å². The van der Waals surface area contributed by atoms with Gasteiger partial charge in [0, 0.05) is 50.7 Å². The minimum absolute atomic E-state index is 0.211. The Hall–Kier alpha value is -2.42. The van der Waals surface area contributed by atoms with Gasteiger partial charge in [0.05, 0.1) is 19.0 Å². The zero-order valence-corrected chi connectivity index (χ0v) is 19.8. The van der Waals surface area contributed by atoms with Crippen LogP contribution in [-0.2, 0) is 15.9 Å². The number of aromatic nitrogens is 2. The van der Waals surface area contributed by atoms with E-state index in [-0.39, 0.29) is 11.8 Å². The molecule has 1 aromatic rings. The van der Waals surface area contributed by atoms with Crippen molar-refractivity contribution in [3.8, 4) is 0 Å². The molecule has 1 aromatic heterocycles. The van der Waals surface area contributed by atoms with Crippen LogP contribution in [0.3, 0.4) is 0 Å². The van der Waals surface area contributed by atoms with Gasteiger partial charge >= 0.3 is 12.1 Å². The number of carbonyl (C=O) groups is 2. The summed E-state index contributed by atoms with van der Waals surface area (Å²) in [5.74, 6) is 0.454. The minimum Gasteiger partial charge on any atom is -0.464 e. The normalized spacial score (nSPS) is 24.2. The monoisotopic (exact) mass is 445 g/mol. The highest BCUT2D eigenvalue weighted by molar-refractivity contribution is 5.87. The zero-order chi connectivity index (χ0) is 23.0. The van der Waals surface area contributed by atoms with E-state index >= 15 is 0 Å². The highest BCUT2D eigenvalue weighted by atomic mass is 16.6. The first-order valence-electron chi connectivity index (χ1n) is 11.6. The van der Waals surface area contributed by atoms with Gasteiger partial charge in [0.1, 0.15) is 5.60 Å². The van der Waals surface area contributed by atoms with Gasteiger partial charge in [-0.15, -0.1) is 0 Å². The third-order valence-electron chi connectivity index (χ3n) is 6.71. The van der Waals surface area contributed by atoms with Crippen molar-refractivity contribution in [1.29, 1.82) is 0 Å². The Morgan fingerprint density at radius 2 is 1.88 bits per heavy atom. The highest BCUT2D eigenvalue weighted by Crippen LogP contribution is 2.35. The maximum atomic E-state index is 12.4. The smallest absolute Gasteiger partial charge is 0.410 e. The van der Waals surface area contributed by atoms with Crippen molar-refractivity contribution in [3.63, 3.8) is 0 Å². The number of amides is 1. The summed E-state index contributed by atoms with van der Waals surface area (Å²) in [5.41, 5.74) is 0.684. The maximum absolute atomic E-state index is 12.4. The van der Waals surface area contributed by atoms with E-state index in [0.717, 1.165) is 63.4 Å². The standard InChI is InChI=1S/C23H35N5O4/c1-6-15-13-28-17(11-18-20(28)24-12-19(25-18)21(29)31-5)14-27(15)16-7-9-26(10-8-16)22(30)32-23(2,3)4/h12,15-17H,6-11,13-14H2,1-5H3/t15-,17+/m0/s1. The molecule has 0 saturated carbocycles. The number of piperidine rings is 1. The van der Waals surface area contributed by atoms with Crippen molar-refractivity contribution in [3.05, 3.63) is 17.6 Å². The molecule has 176 valence electrons. The van der Waals surface area contributed by atoms with Crippen LogP contribution in [0.15, 0.2) is 6.20 Å². The lowest BCUT2D eigenvalue weighted by atomic mass is 9.96. The molecule has 0 aromatic carbocycles. The minimum atomic E-state index is -0.467. The molecule has 4 heterocycles. The van der Waals surface area contributed by atoms with Crippen LogP contribution < -0.4 is 4.90 Å². The molecule has 32 heavy (non-hydrogen) atoms. The Balaban J connectivity index is 1.41. The Kier molecular flexibility index (Phi) is 6.29. The molecular formula is C23H35N5O4. The summed E-state index contributed by atoms with van der Waals surface area (Å²) < 4.78 is 10.3. The van der Waals surface area contributed by atoms with Crippen molar-refractivity contribution < 1.29 is 19.1 Å². The molecule has 2 saturated heterocycles. The second kappa shape index (κ2) is 8.84. The highest BCUT2D eigenvalue weighted by Gasteiger charge is 2.43. The van der Waals surface area contributed by atoms with Gasteiger partial charge in [-0.25, -0.2) is 19.6 Å². The number of rotatable bonds is 3. The van der Waals surface area contributed by atoms with E-state index in [1.807, 2.05) is 25.7 Å². The lowest BCUT2D eigenvalue weighted by molar-refractivity contribution is 0.00750. The Bertz CT molecular complexity index is 862. The van der Waals surface area contributed by atoms with Gasteiger partial charge in [-0.1, -0.05) is 6.92 Å². The fraction of sp³-hybridized carbons (Fsp3) is 0.739. The molecular weight excluding hydrogens is 410 g/mol. The van der Waals surface area contributed by atoms with E-state index in [1.54, 1.807) is 0 Å². The molecule has 2 fully saturated rings. The van der Waals surface area contributed by atoms with Crippen molar-refractivity contribution in [1.82, 2.24) is 19.8 Å². The van der Waals surface area contributed by atoms with Gasteiger partial charge < -0.3 is 19.3 Å². The molecule has 0 bridgehead atoms. The van der Waals surface area contributed by atoms with Gasteiger partial charge in [-0.2, -0.15) is 0 Å². The average Bonchev–Trinajstić information content (AvgIpc) is 3.13. The number of piperazine rings is 1. The molecule has 3 aliphatic heterocycles. The van der Waals surface area contributed by atoms with E-state index in [1.165, 1.54) is 13.3 Å². The second-order valence-electron chi connectivity index (χ2n) is 9.98. The summed E-state index contributed by atoms with van der Waals surface area (Å²) in [7, 11) is 1.36. The number of carbonyl (C=O) groups excluding carboxylic acids is 2. The maximum Gasteiger partial charge on any atom is 0.410 e. The molecule has 0 unspecified atom stereocenters. The summed E-state index contributed by atoms with van der Waals surface area (Å²) in [4.78, 5) is 40.2. The Labute approximate surface area is 190 Å². The first kappa shape index (κ1) is 22.8. The molecule has 0 aliphatic carbocycles. The number of hydrogen-bond donors (Lipinski definition) is 0. The predicted octanol–water partition coefficient (Wildman–Crippen LogP) is 2.49. The van der Waals surface area contributed by atoms with Crippen LogP contribution in [0.25, 0.3) is 0 Å². The topological polar surface area (TPSA) is 88.1 Å². The van der Waals surface area contributed by atoms with Crippen LogP contribution in [0, 0.1) is 0 Å². The fourth-order valence-electron chi connectivity index (χ4n) is 5.15. The number of fused-ring (bicyclic) bond motifs is 3. The lowest BCUT2D eigenvalue weighted by Crippen LogP contribution is -2.61. The lowest BCUT2D eigenvalue weighted by Gasteiger charge is -2.49. The summed E-state index contributed by atoms with van der Waals surface area (Å²) in [6.07, 6.45) is 5.07. The van der Waals surface area contributed by atoms with Gasteiger partial charge in [0.2, 0.25) is 0 Å². The molecule has 0 radical (unpaired) electrons. The molecule has 9 nitrogen and oxygen atoms in total. The first-order valence-corrected chi connectivity index (χ1v) is 11.6. The summed E-state index contributed by atoms with van der Waals surface area (Å²) >= 11 is 0. The van der Waals surface area contributed by atoms with Crippen molar-refractivity contribution in [2.45, 2.75) is 77.1 Å². The van der Waals surface area contributed by atoms with Crippen LogP contribution in [0.2, 0.25) is 0 Å². The first-order chi connectivity index (χ1) is 15.2. The predicted molar refractivity (Wildman–Crippen MR) is 120 cm³/mol. The van der Waals surface area contributed by atoms with E-state index in [2.05, 4.69) is 26.7 Å². The molecule has 2 atom stereocenters. The Morgan fingerprint density at radius 3 is 2.50 bits per heavy atom. The average molecular weight is 446 g/mol. The second-order valence-corrected chi connectivity index (χ2v) is 9.98. The molecule has 1 amide bonds. The summed E-state index contributed by atoms with van der Waals surface area (Å²) in [6.45, 7) is 11.3. The van der Waals surface area contributed by atoms with Crippen molar-refractivity contribution in [2.24, 2.45) is 0 Å². The molecule has 4 rings (SSSR count). The zero-order valence-electron chi connectivity index (χ0n) is 19.8. The van der Waals surface area contributed by atoms with E-state index < -0.39 is 11.6 Å². The van der Waals surface area contributed by atoms with Gasteiger partial charge in [0.25, 0.3) is 0 Å². The van der Waals surface area contributed by atoms with E-state index in [4.69, 9.17) is 9.47 Å². The van der Waals surface area contributed by atoms with Crippen LogP contribution in [-0.4, -0.2) is 88.8 Å². The summed E-state index contributed by atoms with van der Waals surface area (Å²) in [5, 5.41) is 0. The number of likely N-dealkylation sites (tertiary alicyclic amines) is 1. The van der Waals surface area contributed by atoms with E-state index in [0.29, 0.717) is 18.1 Å².